The molecule has 0 bridgehead atoms. The van der Waals surface area contributed by atoms with Crippen molar-refractivity contribution in [3.63, 3.8) is 0 Å². The van der Waals surface area contributed by atoms with Crippen LogP contribution in [-0.2, 0) is 25.6 Å². The first-order valence-corrected chi connectivity index (χ1v) is 16.1. The Bertz CT molecular complexity index is 1590. The molecule has 45 heavy (non-hydrogen) atoms. The molecule has 0 spiro atoms. The fourth-order valence-electron chi connectivity index (χ4n) is 5.17. The van der Waals surface area contributed by atoms with Gasteiger partial charge in [-0.2, -0.15) is 18.3 Å². The number of rotatable bonds is 8. The summed E-state index contributed by atoms with van der Waals surface area (Å²) in [6.07, 6.45) is 0.371. The van der Waals surface area contributed by atoms with Crippen LogP contribution in [0.3, 0.4) is 0 Å². The molecule has 1 fully saturated rings. The number of nitrogens with zero attached hydrogens (tertiary/aromatic N) is 4. The number of piperazine rings is 1. The normalized spacial score (nSPS) is 14.4. The van der Waals surface area contributed by atoms with Crippen molar-refractivity contribution in [2.45, 2.75) is 59.7 Å². The third kappa shape index (κ3) is 9.61. The Morgan fingerprint density at radius 3 is 2.42 bits per heavy atom. The Morgan fingerprint density at radius 1 is 1.07 bits per heavy atom. The van der Waals surface area contributed by atoms with Crippen molar-refractivity contribution in [1.82, 2.24) is 25.0 Å². The van der Waals surface area contributed by atoms with Crippen LogP contribution in [-0.4, -0.2) is 64.1 Å². The average molecular weight is 688 g/mol. The van der Waals surface area contributed by atoms with Crippen LogP contribution in [0.5, 0.6) is 0 Å². The molecule has 2 N–H and O–H groups in total. The number of aromatic nitrogens is 3. The van der Waals surface area contributed by atoms with Crippen molar-refractivity contribution < 1.29 is 18.0 Å². The van der Waals surface area contributed by atoms with E-state index in [-0.39, 0.29) is 17.8 Å². The van der Waals surface area contributed by atoms with Crippen LogP contribution in [0.15, 0.2) is 53.3 Å². The number of nitrogens with one attached hydrogen (secondary N) is 2. The zero-order chi connectivity index (χ0) is 32.7. The number of aryl methyl sites for hydroxylation is 3. The molecular formula is C34H42BrF3N6O. The lowest BCUT2D eigenvalue weighted by Crippen LogP contribution is -2.44. The molecule has 242 valence electrons. The van der Waals surface area contributed by atoms with E-state index in [1.165, 1.54) is 17.2 Å². The van der Waals surface area contributed by atoms with E-state index in [0.717, 1.165) is 72.7 Å². The standard InChI is InChI=1S/C26H34F3N3O.C8H8BrN3/c1-18(2)5-6-20-7-8-21(15-19(20)3)25(33)30-23-10-9-22(24(16-23)26(27,28)29)17-32-13-11-31(4)12-14-32;1-2-5-3-6-7(9)11-12-8(6)10-4-5/h7-10,15-16,18H,5-6,11-14,17H2,1-4H3,(H,30,33);3-4H,2H2,1H3,(H,10,11,12). The molecule has 0 radical (unpaired) electrons. The highest BCUT2D eigenvalue weighted by Crippen LogP contribution is 2.35. The number of halogens is 4. The molecule has 11 heteroatoms. The number of anilines is 1. The molecule has 4 aromatic rings. The Labute approximate surface area is 271 Å². The molecule has 5 rings (SSSR count). The van der Waals surface area contributed by atoms with E-state index in [1.807, 2.05) is 31.1 Å². The largest absolute Gasteiger partial charge is 0.416 e. The van der Waals surface area contributed by atoms with Gasteiger partial charge < -0.3 is 10.2 Å². The van der Waals surface area contributed by atoms with E-state index < -0.39 is 17.6 Å². The van der Waals surface area contributed by atoms with E-state index >= 15 is 0 Å². The summed E-state index contributed by atoms with van der Waals surface area (Å²) in [7, 11) is 2.01. The van der Waals surface area contributed by atoms with Gasteiger partial charge in [0.15, 0.2) is 5.65 Å². The molecule has 0 atom stereocenters. The zero-order valence-corrected chi connectivity index (χ0v) is 28.1. The van der Waals surface area contributed by atoms with Gasteiger partial charge in [0.2, 0.25) is 0 Å². The molecule has 2 aromatic carbocycles. The number of fused-ring (bicyclic) bond motifs is 1. The molecule has 7 nitrogen and oxygen atoms in total. The van der Waals surface area contributed by atoms with Gasteiger partial charge in [-0.25, -0.2) is 4.98 Å². The number of hydrogen-bond donors (Lipinski definition) is 2. The molecular weight excluding hydrogens is 645 g/mol. The number of likely N-dealkylation sites (N-methyl/N-ethyl adjacent to an activating group) is 1. The highest BCUT2D eigenvalue weighted by Gasteiger charge is 2.34. The molecule has 0 unspecified atom stereocenters. The van der Waals surface area contributed by atoms with Crippen molar-refractivity contribution >= 4 is 38.6 Å². The lowest BCUT2D eigenvalue weighted by molar-refractivity contribution is -0.138. The number of alkyl halides is 3. The Kier molecular flexibility index (Phi) is 11.8. The van der Waals surface area contributed by atoms with E-state index in [4.69, 9.17) is 0 Å². The Morgan fingerprint density at radius 2 is 1.78 bits per heavy atom. The van der Waals surface area contributed by atoms with Gasteiger partial charge in [0.25, 0.3) is 5.91 Å². The maximum atomic E-state index is 13.8. The second-order valence-corrected chi connectivity index (χ2v) is 12.9. The molecule has 2 aromatic heterocycles. The van der Waals surface area contributed by atoms with Gasteiger partial charge in [0, 0.05) is 50.2 Å². The summed E-state index contributed by atoms with van der Waals surface area (Å²) in [5.74, 6) is 0.183. The van der Waals surface area contributed by atoms with Gasteiger partial charge in [-0.05, 0) is 108 Å². The third-order valence-electron chi connectivity index (χ3n) is 8.09. The number of pyridine rings is 1. The van der Waals surface area contributed by atoms with Crippen molar-refractivity contribution in [3.05, 3.63) is 86.6 Å². The van der Waals surface area contributed by atoms with Gasteiger partial charge in [0.05, 0.1) is 10.9 Å². The molecule has 1 aliphatic rings. The van der Waals surface area contributed by atoms with Crippen LogP contribution in [0.2, 0.25) is 0 Å². The predicted octanol–water partition coefficient (Wildman–Crippen LogP) is 7.88. The van der Waals surface area contributed by atoms with Crippen LogP contribution < -0.4 is 5.32 Å². The molecule has 1 aliphatic heterocycles. The van der Waals surface area contributed by atoms with E-state index in [2.05, 4.69) is 68.2 Å². The van der Waals surface area contributed by atoms with Crippen LogP contribution in [0.1, 0.15) is 65.4 Å². The summed E-state index contributed by atoms with van der Waals surface area (Å²) in [6, 6.07) is 11.7. The topological polar surface area (TPSA) is 77.1 Å². The van der Waals surface area contributed by atoms with E-state index in [1.54, 1.807) is 18.2 Å². The lowest BCUT2D eigenvalue weighted by Gasteiger charge is -2.33. The summed E-state index contributed by atoms with van der Waals surface area (Å²) in [5, 5.41) is 10.5. The molecule has 1 amide bonds. The summed E-state index contributed by atoms with van der Waals surface area (Å²) in [5.41, 5.74) is 4.32. The number of hydrogen-bond acceptors (Lipinski definition) is 5. The highest BCUT2D eigenvalue weighted by molar-refractivity contribution is 9.10. The maximum absolute atomic E-state index is 13.8. The van der Waals surface area contributed by atoms with E-state index in [0.29, 0.717) is 11.5 Å². The maximum Gasteiger partial charge on any atom is 0.416 e. The monoisotopic (exact) mass is 686 g/mol. The van der Waals surface area contributed by atoms with Crippen LogP contribution in [0.4, 0.5) is 18.9 Å². The van der Waals surface area contributed by atoms with Gasteiger partial charge in [-0.3, -0.25) is 14.8 Å². The van der Waals surface area contributed by atoms with Crippen molar-refractivity contribution in [1.29, 1.82) is 0 Å². The smallest absolute Gasteiger partial charge is 0.322 e. The predicted molar refractivity (Wildman–Crippen MR) is 177 cm³/mol. The minimum Gasteiger partial charge on any atom is -0.322 e. The number of benzene rings is 2. The summed E-state index contributed by atoms with van der Waals surface area (Å²) >= 11 is 3.37. The van der Waals surface area contributed by atoms with E-state index in [9.17, 15) is 18.0 Å². The number of aromatic amines is 1. The van der Waals surface area contributed by atoms with Crippen LogP contribution >= 0.6 is 15.9 Å². The average Bonchev–Trinajstić information content (AvgIpc) is 3.37. The molecule has 0 saturated carbocycles. The first kappa shape index (κ1) is 34.6. The van der Waals surface area contributed by atoms with Gasteiger partial charge in [0.1, 0.15) is 4.60 Å². The third-order valence-corrected chi connectivity index (χ3v) is 8.69. The van der Waals surface area contributed by atoms with Crippen molar-refractivity contribution in [2.75, 3.05) is 38.5 Å². The fraction of sp³-hybridized carbons (Fsp3) is 0.441. The highest BCUT2D eigenvalue weighted by atomic mass is 79.9. The van der Waals surface area contributed by atoms with Gasteiger partial charge >= 0.3 is 6.18 Å². The van der Waals surface area contributed by atoms with Gasteiger partial charge in [-0.15, -0.1) is 0 Å². The quantitative estimate of drug-likeness (QED) is 0.197. The summed E-state index contributed by atoms with van der Waals surface area (Å²) < 4.78 is 42.3. The zero-order valence-electron chi connectivity index (χ0n) is 26.6. The van der Waals surface area contributed by atoms with Crippen molar-refractivity contribution in [2.24, 2.45) is 5.92 Å². The minimum atomic E-state index is -4.49. The second kappa shape index (κ2) is 15.3. The van der Waals surface area contributed by atoms with Crippen LogP contribution in [0, 0.1) is 12.8 Å². The first-order valence-electron chi connectivity index (χ1n) is 15.3. The Balaban J connectivity index is 0.000000318. The summed E-state index contributed by atoms with van der Waals surface area (Å²) in [4.78, 5) is 21.1. The number of amides is 1. The number of H-pyrrole nitrogens is 1. The molecule has 1 saturated heterocycles. The second-order valence-electron chi connectivity index (χ2n) is 12.1. The fourth-order valence-corrected chi connectivity index (χ4v) is 5.56. The molecule has 0 aliphatic carbocycles. The molecule has 3 heterocycles. The lowest BCUT2D eigenvalue weighted by atomic mass is 9.97. The first-order chi connectivity index (χ1) is 21.3. The number of carbonyl (C=O) groups excluding carboxylic acids is 1. The van der Waals surface area contributed by atoms with Gasteiger partial charge in [-0.1, -0.05) is 32.9 Å². The minimum absolute atomic E-state index is 0.149. The summed E-state index contributed by atoms with van der Waals surface area (Å²) in [6.45, 7) is 11.8. The number of carbonyl (C=O) groups is 1. The Hall–Kier alpha value is -3.28. The van der Waals surface area contributed by atoms with Crippen molar-refractivity contribution in [3.8, 4) is 0 Å². The van der Waals surface area contributed by atoms with Crippen LogP contribution in [0.25, 0.3) is 11.0 Å². The SMILES string of the molecule is CCc1cnc2n[nH]c(Br)c2c1.Cc1cc(C(=O)Nc2ccc(CN3CCN(C)CC3)c(C(F)(F)F)c2)ccc1CCC(C)C.